The quantitative estimate of drug-likeness (QED) is 0.0215. The average molecular weight is 817 g/mol. The van der Waals surface area contributed by atoms with Crippen molar-refractivity contribution >= 4 is 13.8 Å². The summed E-state index contributed by atoms with van der Waals surface area (Å²) in [6, 6.07) is 0. The average Bonchev–Trinajstić information content (AvgIpc) is 3.15. The number of unbranched alkanes of at least 4 members (excludes halogenated alkanes) is 29. The summed E-state index contributed by atoms with van der Waals surface area (Å²) in [7, 11) is 1.68. The van der Waals surface area contributed by atoms with E-state index in [9.17, 15) is 14.3 Å². The van der Waals surface area contributed by atoms with Gasteiger partial charge in [0.15, 0.2) is 0 Å². The summed E-state index contributed by atoms with van der Waals surface area (Å²) in [5, 5.41) is 0. The molecule has 0 fully saturated rings. The minimum absolute atomic E-state index is 0.0917. The van der Waals surface area contributed by atoms with Gasteiger partial charge in [0.25, 0.3) is 0 Å². The van der Waals surface area contributed by atoms with E-state index in [0.29, 0.717) is 24.1 Å². The van der Waals surface area contributed by atoms with Gasteiger partial charge in [-0.15, -0.1) is 0 Å². The summed E-state index contributed by atoms with van der Waals surface area (Å²) in [5.74, 6) is -0.311. The Morgan fingerprint density at radius 1 is 0.536 bits per heavy atom. The van der Waals surface area contributed by atoms with E-state index < -0.39 is 13.9 Å². The third kappa shape index (κ3) is 44.3. The Kier molecular flexibility index (Phi) is 40.4. The third-order valence-electron chi connectivity index (χ3n) is 10.6. The third-order valence-corrected chi connectivity index (χ3v) is 11.6. The van der Waals surface area contributed by atoms with Gasteiger partial charge >= 0.3 is 13.8 Å². The topological polar surface area (TPSA) is 91.3 Å². The second kappa shape index (κ2) is 41.0. The van der Waals surface area contributed by atoms with E-state index in [0.717, 1.165) is 32.1 Å². The molecule has 8 nitrogen and oxygen atoms in total. The van der Waals surface area contributed by atoms with E-state index in [1.165, 1.54) is 173 Å². The molecule has 56 heavy (non-hydrogen) atoms. The zero-order valence-corrected chi connectivity index (χ0v) is 38.8. The number of hydrogen-bond donors (Lipinski definition) is 1. The fourth-order valence-electron chi connectivity index (χ4n) is 6.84. The second-order valence-corrected chi connectivity index (χ2v) is 19.0. The predicted octanol–water partition coefficient (Wildman–Crippen LogP) is 14.2. The number of carbonyl (C=O) groups excluding carboxylic acids is 1. The first kappa shape index (κ1) is 55.2. The molecule has 334 valence electrons. The van der Waals surface area contributed by atoms with Crippen LogP contribution in [0.1, 0.15) is 226 Å². The van der Waals surface area contributed by atoms with Crippen molar-refractivity contribution in [3.05, 3.63) is 12.2 Å². The molecule has 2 unspecified atom stereocenters. The Balaban J connectivity index is 4.15. The number of quaternary nitrogens is 1. The van der Waals surface area contributed by atoms with Gasteiger partial charge in [-0.25, -0.2) is 4.57 Å². The SMILES string of the molecule is CCCCCCCC/C=C\CCCCCCCCCCCC(=O)OC(COCCCCCCCCCCCCCCCCC)COP(=O)(O)OCC[N+](C)(C)C. The predicted molar refractivity (Wildman–Crippen MR) is 238 cm³/mol. The molecule has 0 aliphatic carbocycles. The van der Waals surface area contributed by atoms with Crippen molar-refractivity contribution in [3.63, 3.8) is 0 Å². The van der Waals surface area contributed by atoms with Gasteiger partial charge in [0, 0.05) is 13.0 Å². The number of phosphoric ester groups is 1. The summed E-state index contributed by atoms with van der Waals surface area (Å²) < 4.78 is 35.1. The van der Waals surface area contributed by atoms with Crippen molar-refractivity contribution in [1.29, 1.82) is 0 Å². The molecule has 2 atom stereocenters. The standard InChI is InChI=1S/C47H94NO7P/c1-6-8-10-12-14-16-18-20-22-23-24-25-26-28-30-32-34-36-38-40-47(49)55-46(45-54-56(50,51)53-43-41-48(3,4)5)44-52-42-39-37-35-33-31-29-27-21-19-17-15-13-11-9-7-2/h20,22,46H,6-19,21,23-45H2,1-5H3/p+1/b22-20-. The van der Waals surface area contributed by atoms with E-state index in [2.05, 4.69) is 26.0 Å². The lowest BCUT2D eigenvalue weighted by Crippen LogP contribution is -2.37. The molecule has 1 N–H and O–H groups in total. The number of ether oxygens (including phenoxy) is 2. The van der Waals surface area contributed by atoms with Crippen LogP contribution in [0.5, 0.6) is 0 Å². The molecule has 0 saturated carbocycles. The van der Waals surface area contributed by atoms with Gasteiger partial charge in [-0.2, -0.15) is 0 Å². The van der Waals surface area contributed by atoms with Crippen LogP contribution in [-0.2, 0) is 27.9 Å². The Bertz CT molecular complexity index is 909. The molecule has 0 spiro atoms. The highest BCUT2D eigenvalue weighted by Gasteiger charge is 2.26. The molecular formula is C47H95NO7P+. The highest BCUT2D eigenvalue weighted by atomic mass is 31.2. The Morgan fingerprint density at radius 2 is 0.929 bits per heavy atom. The largest absolute Gasteiger partial charge is 0.472 e. The molecule has 0 aliphatic rings. The molecule has 0 amide bonds. The van der Waals surface area contributed by atoms with Gasteiger partial charge < -0.3 is 18.9 Å². The maximum atomic E-state index is 12.7. The van der Waals surface area contributed by atoms with Gasteiger partial charge in [-0.05, 0) is 38.5 Å². The summed E-state index contributed by atoms with van der Waals surface area (Å²) >= 11 is 0. The highest BCUT2D eigenvalue weighted by Crippen LogP contribution is 2.43. The van der Waals surface area contributed by atoms with Crippen molar-refractivity contribution in [3.8, 4) is 0 Å². The van der Waals surface area contributed by atoms with Crippen molar-refractivity contribution in [2.24, 2.45) is 0 Å². The van der Waals surface area contributed by atoms with E-state index in [-0.39, 0.29) is 25.8 Å². The minimum Gasteiger partial charge on any atom is -0.457 e. The van der Waals surface area contributed by atoms with Gasteiger partial charge in [-0.1, -0.05) is 193 Å². The Labute approximate surface area is 348 Å². The molecule has 0 aromatic carbocycles. The summed E-state index contributed by atoms with van der Waals surface area (Å²) in [5.41, 5.74) is 0. The molecule has 9 heteroatoms. The maximum absolute atomic E-state index is 12.7. The molecule has 0 saturated heterocycles. The lowest BCUT2D eigenvalue weighted by Gasteiger charge is -2.24. The van der Waals surface area contributed by atoms with Crippen LogP contribution in [0.2, 0.25) is 0 Å². The van der Waals surface area contributed by atoms with E-state index >= 15 is 0 Å². The Hall–Kier alpha value is -0.760. The van der Waals surface area contributed by atoms with Crippen molar-refractivity contribution in [1.82, 2.24) is 0 Å². The number of nitrogens with zero attached hydrogens (tertiary/aromatic N) is 1. The molecular weight excluding hydrogens is 721 g/mol. The molecule has 0 rings (SSSR count). The smallest absolute Gasteiger partial charge is 0.457 e. The van der Waals surface area contributed by atoms with Crippen LogP contribution in [-0.4, -0.2) is 75.6 Å². The van der Waals surface area contributed by atoms with E-state index in [1.807, 2.05) is 21.1 Å². The number of esters is 1. The summed E-state index contributed by atoms with van der Waals surface area (Å²) in [4.78, 5) is 22.9. The zero-order chi connectivity index (χ0) is 41.3. The molecule has 0 aromatic heterocycles. The normalized spacial score (nSPS) is 13.8. The Morgan fingerprint density at radius 3 is 1.36 bits per heavy atom. The first-order chi connectivity index (χ1) is 27.1. The number of rotatable bonds is 45. The molecule has 0 radical (unpaired) electrons. The van der Waals surface area contributed by atoms with Crippen LogP contribution >= 0.6 is 7.82 Å². The molecule has 0 aromatic rings. The number of allylic oxidation sites excluding steroid dienone is 2. The van der Waals surface area contributed by atoms with Crippen molar-refractivity contribution in [2.75, 3.05) is 54.1 Å². The zero-order valence-electron chi connectivity index (χ0n) is 37.9. The second-order valence-electron chi connectivity index (χ2n) is 17.5. The highest BCUT2D eigenvalue weighted by molar-refractivity contribution is 7.47. The fraction of sp³-hybridized carbons (Fsp3) is 0.936. The van der Waals surface area contributed by atoms with Gasteiger partial charge in [0.2, 0.25) is 0 Å². The molecule has 0 bridgehead atoms. The minimum atomic E-state index is -4.27. The fourth-order valence-corrected chi connectivity index (χ4v) is 7.58. The maximum Gasteiger partial charge on any atom is 0.472 e. The first-order valence-electron chi connectivity index (χ1n) is 23.9. The van der Waals surface area contributed by atoms with Gasteiger partial charge in [-0.3, -0.25) is 13.8 Å². The summed E-state index contributed by atoms with van der Waals surface area (Å²) in [6.07, 6.45) is 45.3. The monoisotopic (exact) mass is 817 g/mol. The van der Waals surface area contributed by atoms with Crippen molar-refractivity contribution < 1.29 is 37.3 Å². The van der Waals surface area contributed by atoms with Crippen molar-refractivity contribution in [2.45, 2.75) is 232 Å². The van der Waals surface area contributed by atoms with E-state index in [4.69, 9.17) is 18.5 Å². The molecule has 0 heterocycles. The summed E-state index contributed by atoms with van der Waals surface area (Å²) in [6.45, 7) is 5.67. The van der Waals surface area contributed by atoms with Crippen LogP contribution < -0.4 is 0 Å². The van der Waals surface area contributed by atoms with Crippen LogP contribution in [0.25, 0.3) is 0 Å². The lowest BCUT2D eigenvalue weighted by atomic mass is 10.0. The number of hydrogen-bond acceptors (Lipinski definition) is 6. The van der Waals surface area contributed by atoms with Gasteiger partial charge in [0.05, 0.1) is 34.4 Å². The number of likely N-dealkylation sites (N-methyl/N-ethyl adjacent to an activating group) is 1. The van der Waals surface area contributed by atoms with Crippen LogP contribution in [0.3, 0.4) is 0 Å². The lowest BCUT2D eigenvalue weighted by molar-refractivity contribution is -0.870. The van der Waals surface area contributed by atoms with E-state index in [1.54, 1.807) is 0 Å². The van der Waals surface area contributed by atoms with Gasteiger partial charge in [0.1, 0.15) is 19.3 Å². The van der Waals surface area contributed by atoms with Crippen LogP contribution in [0.4, 0.5) is 0 Å². The molecule has 0 aliphatic heterocycles. The first-order valence-corrected chi connectivity index (χ1v) is 25.4. The van der Waals surface area contributed by atoms with Crippen LogP contribution in [0, 0.1) is 0 Å². The number of phosphoric acid groups is 1. The number of carbonyl (C=O) groups is 1. The van der Waals surface area contributed by atoms with Crippen LogP contribution in [0.15, 0.2) is 12.2 Å².